The SMILES string of the molecule is C1CCc2[nH]c(NCCC3CCNC3)nc2C1. The zero-order valence-corrected chi connectivity index (χ0v) is 10.4. The van der Waals surface area contributed by atoms with Gasteiger partial charge in [-0.2, -0.15) is 0 Å². The van der Waals surface area contributed by atoms with Crippen molar-refractivity contribution in [2.45, 2.75) is 38.5 Å². The van der Waals surface area contributed by atoms with Gasteiger partial charge in [0.1, 0.15) is 0 Å². The predicted molar refractivity (Wildman–Crippen MR) is 69.3 cm³/mol. The topological polar surface area (TPSA) is 52.7 Å². The van der Waals surface area contributed by atoms with E-state index in [4.69, 9.17) is 0 Å². The van der Waals surface area contributed by atoms with Gasteiger partial charge in [-0.15, -0.1) is 0 Å². The molecule has 3 rings (SSSR count). The van der Waals surface area contributed by atoms with Gasteiger partial charge in [-0.05, 0) is 57.5 Å². The molecule has 1 aliphatic heterocycles. The van der Waals surface area contributed by atoms with Crippen molar-refractivity contribution in [3.8, 4) is 0 Å². The number of hydrogen-bond donors (Lipinski definition) is 3. The lowest BCUT2D eigenvalue weighted by molar-refractivity contribution is 0.548. The number of anilines is 1. The molecule has 1 atom stereocenters. The molecule has 0 aromatic carbocycles. The van der Waals surface area contributed by atoms with Crippen LogP contribution in [0.4, 0.5) is 5.95 Å². The largest absolute Gasteiger partial charge is 0.356 e. The van der Waals surface area contributed by atoms with Crippen molar-refractivity contribution in [1.29, 1.82) is 0 Å². The van der Waals surface area contributed by atoms with E-state index in [0.29, 0.717) is 0 Å². The van der Waals surface area contributed by atoms with Crippen LogP contribution in [0.5, 0.6) is 0 Å². The molecular weight excluding hydrogens is 212 g/mol. The molecule has 1 aromatic rings. The molecule has 1 fully saturated rings. The standard InChI is InChI=1S/C13H22N4/c1-2-4-12-11(3-1)16-13(17-12)15-8-6-10-5-7-14-9-10/h10,14H,1-9H2,(H2,15,16,17). The Bertz CT molecular complexity index is 342. The third kappa shape index (κ3) is 2.63. The third-order valence-corrected chi connectivity index (χ3v) is 3.96. The first kappa shape index (κ1) is 11.1. The molecule has 94 valence electrons. The maximum absolute atomic E-state index is 4.63. The van der Waals surface area contributed by atoms with Crippen molar-refractivity contribution in [3.05, 3.63) is 11.4 Å². The van der Waals surface area contributed by atoms with Crippen LogP contribution in [0.3, 0.4) is 0 Å². The van der Waals surface area contributed by atoms with E-state index in [1.54, 1.807) is 0 Å². The Labute approximate surface area is 103 Å². The highest BCUT2D eigenvalue weighted by Crippen LogP contribution is 2.20. The summed E-state index contributed by atoms with van der Waals surface area (Å²) in [6, 6.07) is 0. The van der Waals surface area contributed by atoms with Crippen LogP contribution in [-0.4, -0.2) is 29.6 Å². The first-order valence-corrected chi connectivity index (χ1v) is 6.94. The minimum Gasteiger partial charge on any atom is -0.356 e. The zero-order chi connectivity index (χ0) is 11.5. The van der Waals surface area contributed by atoms with Gasteiger partial charge < -0.3 is 15.6 Å². The summed E-state index contributed by atoms with van der Waals surface area (Å²) in [5, 5.41) is 6.84. The van der Waals surface area contributed by atoms with Crippen LogP contribution >= 0.6 is 0 Å². The van der Waals surface area contributed by atoms with Crippen molar-refractivity contribution in [2.24, 2.45) is 5.92 Å². The number of aryl methyl sites for hydroxylation is 2. The van der Waals surface area contributed by atoms with Gasteiger partial charge in [0.05, 0.1) is 5.69 Å². The van der Waals surface area contributed by atoms with Crippen LogP contribution in [0, 0.1) is 5.92 Å². The second kappa shape index (κ2) is 5.08. The number of H-pyrrole nitrogens is 1. The molecule has 4 heteroatoms. The zero-order valence-electron chi connectivity index (χ0n) is 10.4. The molecule has 1 unspecified atom stereocenters. The number of fused-ring (bicyclic) bond motifs is 1. The van der Waals surface area contributed by atoms with E-state index in [9.17, 15) is 0 Å². The van der Waals surface area contributed by atoms with Crippen molar-refractivity contribution in [1.82, 2.24) is 15.3 Å². The third-order valence-electron chi connectivity index (χ3n) is 3.96. The Morgan fingerprint density at radius 3 is 3.06 bits per heavy atom. The van der Waals surface area contributed by atoms with E-state index >= 15 is 0 Å². The molecule has 0 radical (unpaired) electrons. The Balaban J connectivity index is 1.49. The highest BCUT2D eigenvalue weighted by molar-refractivity contribution is 5.32. The van der Waals surface area contributed by atoms with E-state index in [0.717, 1.165) is 24.8 Å². The molecule has 4 nitrogen and oxygen atoms in total. The second-order valence-corrected chi connectivity index (χ2v) is 5.29. The Morgan fingerprint density at radius 2 is 2.24 bits per heavy atom. The lowest BCUT2D eigenvalue weighted by atomic mass is 10.0. The summed E-state index contributed by atoms with van der Waals surface area (Å²) in [5.74, 6) is 1.84. The Morgan fingerprint density at radius 1 is 1.29 bits per heavy atom. The van der Waals surface area contributed by atoms with Gasteiger partial charge in [0.15, 0.2) is 0 Å². The summed E-state index contributed by atoms with van der Waals surface area (Å²) in [6.45, 7) is 3.43. The quantitative estimate of drug-likeness (QED) is 0.743. The molecule has 0 saturated carbocycles. The minimum atomic E-state index is 0.854. The summed E-state index contributed by atoms with van der Waals surface area (Å²) in [6.07, 6.45) is 7.51. The Kier molecular flexibility index (Phi) is 3.31. The number of nitrogens with zero attached hydrogens (tertiary/aromatic N) is 1. The maximum atomic E-state index is 4.63. The molecule has 2 aliphatic rings. The van der Waals surface area contributed by atoms with Gasteiger partial charge in [0.2, 0.25) is 5.95 Å². The average molecular weight is 234 g/mol. The van der Waals surface area contributed by atoms with Crippen LogP contribution in [0.25, 0.3) is 0 Å². The Hall–Kier alpha value is -1.03. The minimum absolute atomic E-state index is 0.854. The summed E-state index contributed by atoms with van der Waals surface area (Å²) < 4.78 is 0. The molecule has 1 aliphatic carbocycles. The molecule has 0 amide bonds. The number of aromatic amines is 1. The van der Waals surface area contributed by atoms with E-state index in [1.807, 2.05) is 0 Å². The van der Waals surface area contributed by atoms with Crippen molar-refractivity contribution in [3.63, 3.8) is 0 Å². The fourth-order valence-electron chi connectivity index (χ4n) is 2.89. The fraction of sp³-hybridized carbons (Fsp3) is 0.769. The van der Waals surface area contributed by atoms with Crippen LogP contribution in [-0.2, 0) is 12.8 Å². The normalized spacial score (nSPS) is 23.6. The fourth-order valence-corrected chi connectivity index (χ4v) is 2.89. The predicted octanol–water partition coefficient (Wildman–Crippen LogP) is 1.70. The molecule has 1 saturated heterocycles. The highest BCUT2D eigenvalue weighted by Gasteiger charge is 2.15. The van der Waals surface area contributed by atoms with Crippen LogP contribution in [0.2, 0.25) is 0 Å². The van der Waals surface area contributed by atoms with Crippen molar-refractivity contribution >= 4 is 5.95 Å². The summed E-state index contributed by atoms with van der Waals surface area (Å²) in [4.78, 5) is 8.05. The average Bonchev–Trinajstić information content (AvgIpc) is 2.96. The first-order chi connectivity index (χ1) is 8.42. The number of aromatic nitrogens is 2. The van der Waals surface area contributed by atoms with Crippen LogP contribution in [0.1, 0.15) is 37.1 Å². The number of imidazole rings is 1. The highest BCUT2D eigenvalue weighted by atomic mass is 15.1. The lowest BCUT2D eigenvalue weighted by Crippen LogP contribution is -2.13. The van der Waals surface area contributed by atoms with Crippen molar-refractivity contribution in [2.75, 3.05) is 25.0 Å². The summed E-state index contributed by atoms with van der Waals surface area (Å²) in [7, 11) is 0. The van der Waals surface area contributed by atoms with Crippen LogP contribution < -0.4 is 10.6 Å². The molecular formula is C13H22N4. The van der Waals surface area contributed by atoms with Crippen LogP contribution in [0.15, 0.2) is 0 Å². The molecule has 2 heterocycles. The monoisotopic (exact) mass is 234 g/mol. The van der Waals surface area contributed by atoms with Crippen molar-refractivity contribution < 1.29 is 0 Å². The number of hydrogen-bond acceptors (Lipinski definition) is 3. The lowest BCUT2D eigenvalue weighted by Gasteiger charge is -2.08. The van der Waals surface area contributed by atoms with Gasteiger partial charge in [-0.25, -0.2) is 4.98 Å². The van der Waals surface area contributed by atoms with E-state index in [2.05, 4.69) is 20.6 Å². The maximum Gasteiger partial charge on any atom is 0.200 e. The molecule has 0 bridgehead atoms. The second-order valence-electron chi connectivity index (χ2n) is 5.29. The number of nitrogens with one attached hydrogen (secondary N) is 3. The van der Waals surface area contributed by atoms with E-state index in [1.165, 1.54) is 56.6 Å². The van der Waals surface area contributed by atoms with Gasteiger partial charge in [-0.3, -0.25) is 0 Å². The summed E-state index contributed by atoms with van der Waals surface area (Å²) in [5.41, 5.74) is 2.66. The van der Waals surface area contributed by atoms with Gasteiger partial charge >= 0.3 is 0 Å². The van der Waals surface area contributed by atoms with E-state index < -0.39 is 0 Å². The smallest absolute Gasteiger partial charge is 0.200 e. The molecule has 3 N–H and O–H groups in total. The first-order valence-electron chi connectivity index (χ1n) is 6.94. The summed E-state index contributed by atoms with van der Waals surface area (Å²) >= 11 is 0. The van der Waals surface area contributed by atoms with Gasteiger partial charge in [0, 0.05) is 12.2 Å². The van der Waals surface area contributed by atoms with Gasteiger partial charge in [-0.1, -0.05) is 0 Å². The molecule has 0 spiro atoms. The van der Waals surface area contributed by atoms with Gasteiger partial charge in [0.25, 0.3) is 0 Å². The number of rotatable bonds is 4. The van der Waals surface area contributed by atoms with E-state index in [-0.39, 0.29) is 0 Å². The molecule has 17 heavy (non-hydrogen) atoms. The molecule has 1 aromatic heterocycles.